The fourth-order valence-corrected chi connectivity index (χ4v) is 6.29. The molecule has 0 fully saturated rings. The van der Waals surface area contributed by atoms with Crippen LogP contribution in [-0.2, 0) is 42.3 Å². The lowest BCUT2D eigenvalue weighted by Crippen LogP contribution is -2.30. The maximum absolute atomic E-state index is 12.6. The van der Waals surface area contributed by atoms with Crippen LogP contribution in [0.4, 0.5) is 0 Å². The number of hydrogen-bond donors (Lipinski definition) is 3. The molecule has 0 saturated heterocycles. The second kappa shape index (κ2) is 35.0. The molecule has 1 unspecified atom stereocenters. The van der Waals surface area contributed by atoms with E-state index in [4.69, 9.17) is 23.6 Å². The first-order valence-electron chi connectivity index (χ1n) is 20.0. The van der Waals surface area contributed by atoms with Crippen molar-refractivity contribution in [2.75, 3.05) is 26.4 Å². The first-order chi connectivity index (χ1) is 24.6. The average Bonchev–Trinajstić information content (AvgIpc) is 3.09. The van der Waals surface area contributed by atoms with Gasteiger partial charge in [-0.15, -0.1) is 0 Å². The van der Waals surface area contributed by atoms with E-state index >= 15 is 0 Å². The zero-order valence-electron chi connectivity index (χ0n) is 32.0. The Bertz CT molecular complexity index is 934. The van der Waals surface area contributed by atoms with Crippen molar-refractivity contribution in [3.8, 4) is 0 Å². The van der Waals surface area contributed by atoms with Gasteiger partial charge in [0.15, 0.2) is 6.10 Å². The molecule has 0 rings (SSSR count). The number of carbonyl (C=O) groups is 4. The number of nitrogens with one attached hydrogen (secondary N) is 1. The zero-order chi connectivity index (χ0) is 37.8. The van der Waals surface area contributed by atoms with E-state index in [0.29, 0.717) is 12.8 Å². The van der Waals surface area contributed by atoms with Crippen molar-refractivity contribution in [2.45, 2.75) is 193 Å². The Balaban J connectivity index is 4.55. The highest BCUT2D eigenvalue weighted by atomic mass is 31.2. The summed E-state index contributed by atoms with van der Waals surface area (Å²) in [5.41, 5.74) is 0. The Kier molecular flexibility index (Phi) is 33.7. The van der Waals surface area contributed by atoms with E-state index in [2.05, 4.69) is 19.2 Å². The van der Waals surface area contributed by atoms with E-state index in [9.17, 15) is 28.6 Å². The lowest BCUT2D eigenvalue weighted by molar-refractivity contribution is -0.161. The van der Waals surface area contributed by atoms with E-state index in [0.717, 1.165) is 38.5 Å². The van der Waals surface area contributed by atoms with Crippen molar-refractivity contribution in [3.05, 3.63) is 0 Å². The third kappa shape index (κ3) is 36.1. The minimum Gasteiger partial charge on any atom is -0.481 e. The van der Waals surface area contributed by atoms with Gasteiger partial charge in [0, 0.05) is 32.2 Å². The predicted octanol–water partition coefficient (Wildman–Crippen LogP) is 9.35. The van der Waals surface area contributed by atoms with E-state index in [-0.39, 0.29) is 51.9 Å². The third-order valence-electron chi connectivity index (χ3n) is 8.59. The average molecular weight is 750 g/mol. The molecule has 3 N–H and O–H groups in total. The van der Waals surface area contributed by atoms with Gasteiger partial charge in [0.25, 0.3) is 0 Å². The molecule has 0 aliphatic heterocycles. The van der Waals surface area contributed by atoms with Gasteiger partial charge in [-0.3, -0.25) is 28.2 Å². The van der Waals surface area contributed by atoms with Crippen molar-refractivity contribution < 1.29 is 52.3 Å². The Morgan fingerprint density at radius 3 is 1.49 bits per heavy atom. The number of ether oxygens (including phenoxy) is 2. The van der Waals surface area contributed by atoms with Crippen LogP contribution < -0.4 is 5.32 Å². The van der Waals surface area contributed by atoms with Gasteiger partial charge in [-0.25, -0.2) is 4.57 Å². The van der Waals surface area contributed by atoms with E-state index in [1.54, 1.807) is 0 Å². The molecule has 0 aromatic carbocycles. The zero-order valence-corrected chi connectivity index (χ0v) is 32.9. The van der Waals surface area contributed by atoms with Crippen LogP contribution in [0.2, 0.25) is 0 Å². The Morgan fingerprint density at radius 2 is 1.02 bits per heavy atom. The Labute approximate surface area is 308 Å². The monoisotopic (exact) mass is 749 g/mol. The van der Waals surface area contributed by atoms with Crippen molar-refractivity contribution in [3.63, 3.8) is 0 Å². The number of hydrogen-bond acceptors (Lipinski definition) is 9. The molecule has 300 valence electrons. The molecule has 0 spiro atoms. The molecule has 13 heteroatoms. The second-order valence-corrected chi connectivity index (χ2v) is 15.0. The summed E-state index contributed by atoms with van der Waals surface area (Å²) in [6, 6.07) is 0. The molecule has 0 aliphatic carbocycles. The number of carbonyl (C=O) groups excluding carboxylic acids is 3. The van der Waals surface area contributed by atoms with Crippen LogP contribution in [0.5, 0.6) is 0 Å². The van der Waals surface area contributed by atoms with Gasteiger partial charge in [0.2, 0.25) is 5.91 Å². The molecule has 1 amide bonds. The Hall–Kier alpha value is -2.01. The second-order valence-electron chi connectivity index (χ2n) is 13.6. The maximum Gasteiger partial charge on any atom is 0.472 e. The van der Waals surface area contributed by atoms with Gasteiger partial charge < -0.3 is 24.8 Å². The molecule has 0 radical (unpaired) electrons. The van der Waals surface area contributed by atoms with Crippen LogP contribution in [0, 0.1) is 0 Å². The van der Waals surface area contributed by atoms with Gasteiger partial charge in [0.1, 0.15) is 6.61 Å². The van der Waals surface area contributed by atoms with Crippen LogP contribution in [0.1, 0.15) is 187 Å². The van der Waals surface area contributed by atoms with Crippen molar-refractivity contribution in [1.29, 1.82) is 0 Å². The van der Waals surface area contributed by atoms with Crippen LogP contribution in [0.15, 0.2) is 0 Å². The summed E-state index contributed by atoms with van der Waals surface area (Å²) >= 11 is 0. The fraction of sp³-hybridized carbons (Fsp3) is 0.895. The van der Waals surface area contributed by atoms with Crippen LogP contribution >= 0.6 is 7.82 Å². The Morgan fingerprint density at radius 1 is 0.569 bits per heavy atom. The standard InChI is InChI=1S/C38H72NO11P/c1-3-5-7-9-11-13-15-17-19-21-23-28-37(43)47-32-34(50-38(44)29-24-22-20-18-16-14-12-10-8-6-4-2)33-49-51(45,46)48-31-30-39-35(40)26-25-27-36(41)42/h34H,3-33H2,1-2H3,(H,39,40)(H,41,42)(H,45,46)/t34-/m1/s1. The number of aliphatic carboxylic acids is 1. The normalized spacial score (nSPS) is 13.0. The molecular weight excluding hydrogens is 677 g/mol. The number of phosphoric acid groups is 1. The van der Waals surface area contributed by atoms with Gasteiger partial charge in [0.05, 0.1) is 13.2 Å². The molecule has 0 aliphatic rings. The van der Waals surface area contributed by atoms with Gasteiger partial charge in [-0.1, -0.05) is 142 Å². The number of rotatable bonds is 38. The summed E-state index contributed by atoms with van der Waals surface area (Å²) in [6.07, 6.45) is 24.8. The third-order valence-corrected chi connectivity index (χ3v) is 9.58. The van der Waals surface area contributed by atoms with Crippen LogP contribution in [-0.4, -0.2) is 66.3 Å². The summed E-state index contributed by atoms with van der Waals surface area (Å²) in [7, 11) is -4.58. The van der Waals surface area contributed by atoms with Crippen molar-refractivity contribution in [2.24, 2.45) is 0 Å². The number of carboxylic acids is 1. The van der Waals surface area contributed by atoms with E-state index in [1.165, 1.54) is 89.9 Å². The lowest BCUT2D eigenvalue weighted by Gasteiger charge is -2.20. The number of esters is 2. The molecule has 51 heavy (non-hydrogen) atoms. The predicted molar refractivity (Wildman–Crippen MR) is 199 cm³/mol. The lowest BCUT2D eigenvalue weighted by atomic mass is 10.1. The molecular formula is C38H72NO11P. The van der Waals surface area contributed by atoms with Crippen LogP contribution in [0.25, 0.3) is 0 Å². The minimum absolute atomic E-state index is 0.00377. The first kappa shape index (κ1) is 49.0. The number of phosphoric ester groups is 1. The highest BCUT2D eigenvalue weighted by Crippen LogP contribution is 2.43. The highest BCUT2D eigenvalue weighted by molar-refractivity contribution is 7.47. The molecule has 0 aromatic rings. The summed E-state index contributed by atoms with van der Waals surface area (Å²) in [5.74, 6) is -2.34. The molecule has 2 atom stereocenters. The maximum atomic E-state index is 12.6. The smallest absolute Gasteiger partial charge is 0.472 e. The molecule has 0 bridgehead atoms. The number of amides is 1. The quantitative estimate of drug-likeness (QED) is 0.0312. The highest BCUT2D eigenvalue weighted by Gasteiger charge is 2.26. The topological polar surface area (TPSA) is 175 Å². The SMILES string of the molecule is CCCCCCCCCCCCCC(=O)OC[C@H](COP(=O)(O)OCCNC(=O)CCCC(=O)O)OC(=O)CCCCCCCCCCCCC. The van der Waals surface area contributed by atoms with E-state index in [1.807, 2.05) is 0 Å². The van der Waals surface area contributed by atoms with Crippen LogP contribution in [0.3, 0.4) is 0 Å². The van der Waals surface area contributed by atoms with Gasteiger partial charge in [-0.05, 0) is 19.3 Å². The summed E-state index contributed by atoms with van der Waals surface area (Å²) in [4.78, 5) is 57.4. The van der Waals surface area contributed by atoms with Crippen molar-refractivity contribution >= 4 is 31.6 Å². The molecule has 0 heterocycles. The number of carboxylic acid groups (broad SMARTS) is 1. The molecule has 0 saturated carbocycles. The summed E-state index contributed by atoms with van der Waals surface area (Å²) < 4.78 is 33.2. The largest absolute Gasteiger partial charge is 0.481 e. The fourth-order valence-electron chi connectivity index (χ4n) is 5.54. The summed E-state index contributed by atoms with van der Waals surface area (Å²) in [5, 5.41) is 11.1. The minimum atomic E-state index is -4.58. The first-order valence-corrected chi connectivity index (χ1v) is 21.5. The van der Waals surface area contributed by atoms with Gasteiger partial charge >= 0.3 is 25.7 Å². The van der Waals surface area contributed by atoms with Gasteiger partial charge in [-0.2, -0.15) is 0 Å². The van der Waals surface area contributed by atoms with E-state index < -0.39 is 44.3 Å². The van der Waals surface area contributed by atoms with Crippen molar-refractivity contribution in [1.82, 2.24) is 5.32 Å². The molecule has 12 nitrogen and oxygen atoms in total. The molecule has 0 aromatic heterocycles. The number of unbranched alkanes of at least 4 members (excludes halogenated alkanes) is 20. The summed E-state index contributed by atoms with van der Waals surface area (Å²) in [6.45, 7) is 3.17.